The van der Waals surface area contributed by atoms with Gasteiger partial charge in [-0.15, -0.1) is 0 Å². The molecule has 1 unspecified atom stereocenters. The van der Waals surface area contributed by atoms with Crippen LogP contribution in [0.4, 0.5) is 5.69 Å². The largest absolute Gasteiger partial charge is 0.383 e. The van der Waals surface area contributed by atoms with E-state index in [1.54, 1.807) is 7.11 Å². The number of methoxy groups -OCH3 is 1. The monoisotopic (exact) mass is 250 g/mol. The first kappa shape index (κ1) is 14.7. The molecule has 0 aliphatic carbocycles. The highest BCUT2D eigenvalue weighted by Gasteiger charge is 2.08. The highest BCUT2D eigenvalue weighted by atomic mass is 16.5. The minimum absolute atomic E-state index is 0.0323. The maximum Gasteiger partial charge on any atom is 0.238 e. The van der Waals surface area contributed by atoms with Crippen LogP contribution in [-0.2, 0) is 9.53 Å². The summed E-state index contributed by atoms with van der Waals surface area (Å²) in [6.07, 6.45) is 0.936. The van der Waals surface area contributed by atoms with E-state index in [9.17, 15) is 4.79 Å². The van der Waals surface area contributed by atoms with Crippen molar-refractivity contribution in [1.29, 1.82) is 0 Å². The van der Waals surface area contributed by atoms with E-state index in [-0.39, 0.29) is 11.9 Å². The second kappa shape index (κ2) is 7.84. The number of hydrogen-bond donors (Lipinski definition) is 2. The van der Waals surface area contributed by atoms with Gasteiger partial charge in [0.15, 0.2) is 0 Å². The Labute approximate surface area is 109 Å². The third-order valence-corrected chi connectivity index (χ3v) is 2.71. The summed E-state index contributed by atoms with van der Waals surface area (Å²) in [4.78, 5) is 11.7. The summed E-state index contributed by atoms with van der Waals surface area (Å²) in [6.45, 7) is 4.98. The van der Waals surface area contributed by atoms with Crippen LogP contribution >= 0.6 is 0 Å². The number of nitrogens with one attached hydrogen (secondary N) is 2. The Hall–Kier alpha value is -1.39. The first-order valence-corrected chi connectivity index (χ1v) is 6.24. The van der Waals surface area contributed by atoms with E-state index < -0.39 is 0 Å². The molecule has 0 heterocycles. The van der Waals surface area contributed by atoms with Crippen LogP contribution < -0.4 is 10.6 Å². The van der Waals surface area contributed by atoms with Gasteiger partial charge in [0.1, 0.15) is 0 Å². The van der Waals surface area contributed by atoms with Crippen LogP contribution in [0.3, 0.4) is 0 Å². The third-order valence-electron chi connectivity index (χ3n) is 2.71. The third kappa shape index (κ3) is 5.29. The van der Waals surface area contributed by atoms with E-state index in [1.807, 2.05) is 31.2 Å². The number of benzene rings is 1. The van der Waals surface area contributed by atoms with Gasteiger partial charge in [-0.2, -0.15) is 0 Å². The molecule has 4 heteroatoms. The molecule has 0 bridgehead atoms. The lowest BCUT2D eigenvalue weighted by molar-refractivity contribution is -0.115. The molecule has 1 aromatic rings. The Morgan fingerprint density at radius 2 is 2.22 bits per heavy atom. The number of aryl methyl sites for hydroxylation is 1. The van der Waals surface area contributed by atoms with Crippen molar-refractivity contribution >= 4 is 11.6 Å². The molecule has 1 aromatic carbocycles. The summed E-state index contributed by atoms with van der Waals surface area (Å²) < 4.78 is 5.07. The predicted molar refractivity (Wildman–Crippen MR) is 73.8 cm³/mol. The van der Waals surface area contributed by atoms with Crippen LogP contribution in [0, 0.1) is 6.92 Å². The number of ether oxygens (including phenoxy) is 1. The Kier molecular flexibility index (Phi) is 6.39. The Morgan fingerprint density at radius 1 is 1.44 bits per heavy atom. The van der Waals surface area contributed by atoms with E-state index in [0.717, 1.165) is 17.7 Å². The van der Waals surface area contributed by atoms with Gasteiger partial charge >= 0.3 is 0 Å². The minimum Gasteiger partial charge on any atom is -0.383 e. The predicted octanol–water partition coefficient (Wildman–Crippen LogP) is 1.95. The summed E-state index contributed by atoms with van der Waals surface area (Å²) in [7, 11) is 1.66. The average molecular weight is 250 g/mol. The highest BCUT2D eigenvalue weighted by molar-refractivity contribution is 5.92. The van der Waals surface area contributed by atoms with Crippen molar-refractivity contribution in [3.8, 4) is 0 Å². The molecule has 18 heavy (non-hydrogen) atoms. The van der Waals surface area contributed by atoms with E-state index in [4.69, 9.17) is 4.74 Å². The molecule has 0 aliphatic heterocycles. The first-order valence-electron chi connectivity index (χ1n) is 6.24. The molecule has 0 saturated carbocycles. The van der Waals surface area contributed by atoms with Gasteiger partial charge in [-0.3, -0.25) is 4.79 Å². The number of carbonyl (C=O) groups is 1. The number of anilines is 1. The molecule has 1 atom stereocenters. The van der Waals surface area contributed by atoms with Crippen LogP contribution in [0.25, 0.3) is 0 Å². The highest BCUT2D eigenvalue weighted by Crippen LogP contribution is 2.08. The van der Waals surface area contributed by atoms with Crippen LogP contribution in [-0.4, -0.2) is 32.2 Å². The van der Waals surface area contributed by atoms with E-state index >= 15 is 0 Å². The molecule has 100 valence electrons. The van der Waals surface area contributed by atoms with Gasteiger partial charge in [0, 0.05) is 18.8 Å². The Bertz CT molecular complexity index is 380. The molecule has 0 aliphatic rings. The van der Waals surface area contributed by atoms with Gasteiger partial charge in [-0.05, 0) is 31.0 Å². The van der Waals surface area contributed by atoms with Crippen LogP contribution in [0.2, 0.25) is 0 Å². The van der Waals surface area contributed by atoms with E-state index in [0.29, 0.717) is 13.2 Å². The number of rotatable bonds is 7. The standard InChI is InChI=1S/C14H22N2O2/c1-4-12(10-18-3)15-9-14(17)16-13-7-5-6-11(2)8-13/h5-8,12,15H,4,9-10H2,1-3H3,(H,16,17). The fraction of sp³-hybridized carbons (Fsp3) is 0.500. The van der Waals surface area contributed by atoms with Crippen LogP contribution in [0.15, 0.2) is 24.3 Å². The molecule has 2 N–H and O–H groups in total. The Balaban J connectivity index is 2.37. The molecule has 0 fully saturated rings. The normalized spacial score (nSPS) is 12.2. The number of carbonyl (C=O) groups excluding carboxylic acids is 1. The fourth-order valence-electron chi connectivity index (χ4n) is 1.69. The van der Waals surface area contributed by atoms with E-state index in [2.05, 4.69) is 17.6 Å². The zero-order valence-corrected chi connectivity index (χ0v) is 11.3. The number of hydrogen-bond acceptors (Lipinski definition) is 3. The van der Waals surface area contributed by atoms with Crippen molar-refractivity contribution < 1.29 is 9.53 Å². The van der Waals surface area contributed by atoms with Crippen molar-refractivity contribution in [3.05, 3.63) is 29.8 Å². The summed E-state index contributed by atoms with van der Waals surface area (Å²) >= 11 is 0. The van der Waals surface area contributed by atoms with Crippen LogP contribution in [0.5, 0.6) is 0 Å². The van der Waals surface area contributed by atoms with E-state index in [1.165, 1.54) is 0 Å². The van der Waals surface area contributed by atoms with Crippen molar-refractivity contribution in [3.63, 3.8) is 0 Å². The maximum absolute atomic E-state index is 11.7. The summed E-state index contributed by atoms with van der Waals surface area (Å²) in [5.74, 6) is -0.0323. The summed E-state index contributed by atoms with van der Waals surface area (Å²) in [5, 5.41) is 6.03. The molecular weight excluding hydrogens is 228 g/mol. The molecule has 0 spiro atoms. The zero-order chi connectivity index (χ0) is 13.4. The lowest BCUT2D eigenvalue weighted by Gasteiger charge is -2.15. The summed E-state index contributed by atoms with van der Waals surface area (Å²) in [5.41, 5.74) is 1.97. The van der Waals surface area contributed by atoms with Crippen molar-refractivity contribution in [2.45, 2.75) is 26.3 Å². The topological polar surface area (TPSA) is 50.4 Å². The van der Waals surface area contributed by atoms with Crippen molar-refractivity contribution in [2.75, 3.05) is 25.6 Å². The molecule has 4 nitrogen and oxygen atoms in total. The molecular formula is C14H22N2O2. The lowest BCUT2D eigenvalue weighted by Crippen LogP contribution is -2.38. The fourth-order valence-corrected chi connectivity index (χ4v) is 1.69. The van der Waals surface area contributed by atoms with Gasteiger partial charge in [0.05, 0.1) is 13.2 Å². The van der Waals surface area contributed by atoms with Gasteiger partial charge < -0.3 is 15.4 Å². The molecule has 0 saturated heterocycles. The second-order valence-electron chi connectivity index (χ2n) is 4.36. The van der Waals surface area contributed by atoms with Crippen molar-refractivity contribution in [2.24, 2.45) is 0 Å². The molecule has 1 rings (SSSR count). The Morgan fingerprint density at radius 3 is 2.83 bits per heavy atom. The summed E-state index contributed by atoms with van der Waals surface area (Å²) in [6, 6.07) is 7.98. The van der Waals surface area contributed by atoms with Gasteiger partial charge in [0.2, 0.25) is 5.91 Å². The van der Waals surface area contributed by atoms with Crippen molar-refractivity contribution in [1.82, 2.24) is 5.32 Å². The minimum atomic E-state index is -0.0323. The van der Waals surface area contributed by atoms with Crippen LogP contribution in [0.1, 0.15) is 18.9 Å². The van der Waals surface area contributed by atoms with Gasteiger partial charge in [-0.25, -0.2) is 0 Å². The average Bonchev–Trinajstić information content (AvgIpc) is 2.34. The molecule has 1 amide bonds. The van der Waals surface area contributed by atoms with Gasteiger partial charge in [0.25, 0.3) is 0 Å². The smallest absolute Gasteiger partial charge is 0.238 e. The molecule has 0 radical (unpaired) electrons. The lowest BCUT2D eigenvalue weighted by atomic mass is 10.2. The maximum atomic E-state index is 11.7. The number of amides is 1. The zero-order valence-electron chi connectivity index (χ0n) is 11.3. The van der Waals surface area contributed by atoms with Gasteiger partial charge in [-0.1, -0.05) is 19.1 Å². The SMILES string of the molecule is CCC(COC)NCC(=O)Nc1cccc(C)c1. The quantitative estimate of drug-likeness (QED) is 0.777. The molecule has 0 aromatic heterocycles. The second-order valence-corrected chi connectivity index (χ2v) is 4.36. The first-order chi connectivity index (χ1) is 8.65.